The van der Waals surface area contributed by atoms with Crippen molar-refractivity contribution in [2.24, 2.45) is 0 Å². The number of thiazole rings is 1. The number of para-hydroxylation sites is 2. The molecule has 0 saturated carbocycles. The standard InChI is InChI=1S/C26H25N5O3S/c1-34-23-12-6-5-11-20(23)30-26-31-22(17-35-26)25(33)29-21(14-18-8-3-2-4-9-18)24(32)28-16-19-10-7-13-27-15-19/h2-13,15,17,21H,14,16H2,1H3,(H,28,32)(H,29,33)(H,30,31)/t21-/m1/s1. The molecule has 3 N–H and O–H groups in total. The Bertz CT molecular complexity index is 1260. The molecule has 2 heterocycles. The number of carbonyl (C=O) groups is 2. The van der Waals surface area contributed by atoms with Crippen LogP contribution in [-0.2, 0) is 17.8 Å². The molecule has 0 spiro atoms. The minimum absolute atomic E-state index is 0.227. The van der Waals surface area contributed by atoms with Crippen LogP contribution < -0.4 is 20.7 Å². The first-order valence-electron chi connectivity index (χ1n) is 11.0. The van der Waals surface area contributed by atoms with E-state index in [1.54, 1.807) is 24.9 Å². The Kier molecular flexibility index (Phi) is 8.03. The van der Waals surface area contributed by atoms with E-state index >= 15 is 0 Å². The Labute approximate surface area is 207 Å². The third-order valence-corrected chi connectivity index (χ3v) is 5.94. The number of amides is 2. The largest absolute Gasteiger partial charge is 0.495 e. The van der Waals surface area contributed by atoms with Crippen LogP contribution in [0, 0.1) is 0 Å². The van der Waals surface area contributed by atoms with E-state index in [1.807, 2.05) is 66.7 Å². The van der Waals surface area contributed by atoms with Gasteiger partial charge in [0.25, 0.3) is 5.91 Å². The third kappa shape index (κ3) is 6.64. The van der Waals surface area contributed by atoms with Gasteiger partial charge < -0.3 is 20.7 Å². The Hall–Kier alpha value is -4.24. The molecule has 1 atom stereocenters. The molecule has 0 saturated heterocycles. The number of ether oxygens (including phenoxy) is 1. The first-order chi connectivity index (χ1) is 17.1. The second-order valence-electron chi connectivity index (χ2n) is 7.66. The zero-order chi connectivity index (χ0) is 24.5. The van der Waals surface area contributed by atoms with Gasteiger partial charge in [-0.2, -0.15) is 0 Å². The lowest BCUT2D eigenvalue weighted by molar-refractivity contribution is -0.123. The van der Waals surface area contributed by atoms with E-state index in [4.69, 9.17) is 4.74 Å². The molecule has 2 amide bonds. The molecule has 0 aliphatic heterocycles. The van der Waals surface area contributed by atoms with E-state index in [0.717, 1.165) is 16.8 Å². The van der Waals surface area contributed by atoms with Crippen LogP contribution in [0.5, 0.6) is 5.75 Å². The minimum Gasteiger partial charge on any atom is -0.495 e. The van der Waals surface area contributed by atoms with Crippen molar-refractivity contribution in [1.82, 2.24) is 20.6 Å². The number of methoxy groups -OCH3 is 1. The van der Waals surface area contributed by atoms with Crippen LogP contribution in [0.15, 0.2) is 84.5 Å². The highest BCUT2D eigenvalue weighted by atomic mass is 32.1. The summed E-state index contributed by atoms with van der Waals surface area (Å²) in [7, 11) is 1.59. The van der Waals surface area contributed by atoms with Crippen molar-refractivity contribution in [1.29, 1.82) is 0 Å². The molecule has 4 aromatic rings. The van der Waals surface area contributed by atoms with Gasteiger partial charge in [0, 0.05) is 30.7 Å². The summed E-state index contributed by atoms with van der Waals surface area (Å²) < 4.78 is 5.35. The van der Waals surface area contributed by atoms with Crippen LogP contribution in [0.2, 0.25) is 0 Å². The van der Waals surface area contributed by atoms with Gasteiger partial charge in [0.2, 0.25) is 5.91 Å². The normalized spacial score (nSPS) is 11.3. The van der Waals surface area contributed by atoms with E-state index in [1.165, 1.54) is 11.3 Å². The lowest BCUT2D eigenvalue weighted by atomic mass is 10.0. The summed E-state index contributed by atoms with van der Waals surface area (Å²) in [6.45, 7) is 0.317. The Morgan fingerprint density at radius 2 is 1.77 bits per heavy atom. The third-order valence-electron chi connectivity index (χ3n) is 5.18. The Morgan fingerprint density at radius 1 is 1.00 bits per heavy atom. The van der Waals surface area contributed by atoms with E-state index in [2.05, 4.69) is 25.9 Å². The second-order valence-corrected chi connectivity index (χ2v) is 8.52. The summed E-state index contributed by atoms with van der Waals surface area (Å²) in [5, 5.41) is 11.1. The molecular weight excluding hydrogens is 462 g/mol. The molecule has 0 radical (unpaired) electrons. The molecule has 0 unspecified atom stereocenters. The number of nitrogens with one attached hydrogen (secondary N) is 3. The van der Waals surface area contributed by atoms with Gasteiger partial charge in [-0.05, 0) is 29.3 Å². The average Bonchev–Trinajstić information content (AvgIpc) is 3.37. The van der Waals surface area contributed by atoms with Gasteiger partial charge >= 0.3 is 0 Å². The van der Waals surface area contributed by atoms with Gasteiger partial charge in [0.05, 0.1) is 12.8 Å². The van der Waals surface area contributed by atoms with Crippen molar-refractivity contribution in [2.45, 2.75) is 19.0 Å². The number of hydrogen-bond acceptors (Lipinski definition) is 7. The van der Waals surface area contributed by atoms with Crippen molar-refractivity contribution in [3.63, 3.8) is 0 Å². The average molecular weight is 488 g/mol. The molecular formula is C26H25N5O3S. The first kappa shape index (κ1) is 23.9. The number of carbonyl (C=O) groups excluding carboxylic acids is 2. The highest BCUT2D eigenvalue weighted by molar-refractivity contribution is 7.14. The van der Waals surface area contributed by atoms with Crippen molar-refractivity contribution >= 4 is 34.0 Å². The van der Waals surface area contributed by atoms with Crippen LogP contribution in [0.3, 0.4) is 0 Å². The van der Waals surface area contributed by atoms with E-state index < -0.39 is 11.9 Å². The van der Waals surface area contributed by atoms with E-state index in [9.17, 15) is 9.59 Å². The van der Waals surface area contributed by atoms with Gasteiger partial charge in [0.15, 0.2) is 5.13 Å². The van der Waals surface area contributed by atoms with Gasteiger partial charge in [-0.25, -0.2) is 4.98 Å². The van der Waals surface area contributed by atoms with Crippen LogP contribution in [-0.4, -0.2) is 34.9 Å². The highest BCUT2D eigenvalue weighted by Crippen LogP contribution is 2.28. The fourth-order valence-electron chi connectivity index (χ4n) is 3.40. The number of anilines is 2. The van der Waals surface area contributed by atoms with Crippen molar-refractivity contribution < 1.29 is 14.3 Å². The van der Waals surface area contributed by atoms with Crippen LogP contribution in [0.25, 0.3) is 0 Å². The monoisotopic (exact) mass is 487 g/mol. The molecule has 35 heavy (non-hydrogen) atoms. The fourth-order valence-corrected chi connectivity index (χ4v) is 4.11. The summed E-state index contributed by atoms with van der Waals surface area (Å²) in [5.74, 6) is -0.0395. The molecule has 0 fully saturated rings. The summed E-state index contributed by atoms with van der Waals surface area (Å²) >= 11 is 1.29. The van der Waals surface area contributed by atoms with Gasteiger partial charge in [-0.1, -0.05) is 48.5 Å². The maximum atomic E-state index is 13.0. The molecule has 0 aliphatic rings. The summed E-state index contributed by atoms with van der Waals surface area (Å²) in [6, 6.07) is 19.9. The summed E-state index contributed by atoms with van der Waals surface area (Å²) in [6.07, 6.45) is 3.72. The Balaban J connectivity index is 1.45. The maximum Gasteiger partial charge on any atom is 0.271 e. The SMILES string of the molecule is COc1ccccc1Nc1nc(C(=O)N[C@H](Cc2ccccc2)C(=O)NCc2cccnc2)cs1. The number of nitrogens with zero attached hydrogens (tertiary/aromatic N) is 2. The van der Waals surface area contributed by atoms with Crippen molar-refractivity contribution in [2.75, 3.05) is 12.4 Å². The van der Waals surface area contributed by atoms with Crippen molar-refractivity contribution in [3.05, 3.63) is 101 Å². The number of pyridine rings is 1. The molecule has 4 rings (SSSR count). The summed E-state index contributed by atoms with van der Waals surface area (Å²) in [4.78, 5) is 34.5. The molecule has 2 aromatic carbocycles. The molecule has 0 bridgehead atoms. The lowest BCUT2D eigenvalue weighted by Crippen LogP contribution is -2.47. The minimum atomic E-state index is -0.770. The topological polar surface area (TPSA) is 105 Å². The molecule has 8 nitrogen and oxygen atoms in total. The predicted molar refractivity (Wildman–Crippen MR) is 136 cm³/mol. The van der Waals surface area contributed by atoms with E-state index in [0.29, 0.717) is 23.8 Å². The molecule has 2 aromatic heterocycles. The van der Waals surface area contributed by atoms with Gasteiger partial charge in [0.1, 0.15) is 17.5 Å². The van der Waals surface area contributed by atoms with Gasteiger partial charge in [-0.15, -0.1) is 11.3 Å². The first-order valence-corrected chi connectivity index (χ1v) is 11.9. The zero-order valence-electron chi connectivity index (χ0n) is 19.1. The van der Waals surface area contributed by atoms with Crippen LogP contribution >= 0.6 is 11.3 Å². The highest BCUT2D eigenvalue weighted by Gasteiger charge is 2.23. The van der Waals surface area contributed by atoms with Crippen LogP contribution in [0.4, 0.5) is 10.8 Å². The molecule has 0 aliphatic carbocycles. The number of hydrogen-bond donors (Lipinski definition) is 3. The number of rotatable bonds is 10. The molecule has 178 valence electrons. The fraction of sp³-hybridized carbons (Fsp3) is 0.154. The smallest absolute Gasteiger partial charge is 0.271 e. The number of aromatic nitrogens is 2. The lowest BCUT2D eigenvalue weighted by Gasteiger charge is -2.18. The predicted octanol–water partition coefficient (Wildman–Crippen LogP) is 3.95. The maximum absolute atomic E-state index is 13.0. The summed E-state index contributed by atoms with van der Waals surface area (Å²) in [5.41, 5.74) is 2.78. The zero-order valence-corrected chi connectivity index (χ0v) is 19.9. The van der Waals surface area contributed by atoms with E-state index in [-0.39, 0.29) is 11.6 Å². The molecule has 9 heteroatoms. The number of benzene rings is 2. The van der Waals surface area contributed by atoms with Gasteiger partial charge in [-0.3, -0.25) is 14.6 Å². The van der Waals surface area contributed by atoms with Crippen molar-refractivity contribution in [3.8, 4) is 5.75 Å². The second kappa shape index (κ2) is 11.8. The quantitative estimate of drug-likeness (QED) is 0.313. The van der Waals surface area contributed by atoms with Crippen LogP contribution in [0.1, 0.15) is 21.6 Å². The Morgan fingerprint density at radius 3 is 2.54 bits per heavy atom.